The van der Waals surface area contributed by atoms with Gasteiger partial charge in [0.1, 0.15) is 0 Å². The number of hydrogen-bond donors (Lipinski definition) is 1. The highest BCUT2D eigenvalue weighted by Gasteiger charge is 2.28. The average molecular weight is 253 g/mol. The van der Waals surface area contributed by atoms with Crippen LogP contribution in [0, 0.1) is 19.8 Å². The fraction of sp³-hybridized carbons (Fsp3) is 0.769. The summed E-state index contributed by atoms with van der Waals surface area (Å²) in [5.41, 5.74) is 7.36. The molecule has 0 spiro atoms. The van der Waals surface area contributed by atoms with Gasteiger partial charge in [0.2, 0.25) is 0 Å². The van der Waals surface area contributed by atoms with Crippen LogP contribution in [0.3, 0.4) is 0 Å². The van der Waals surface area contributed by atoms with Crippen LogP contribution in [0.25, 0.3) is 0 Å². The molecule has 3 nitrogen and oxygen atoms in total. The van der Waals surface area contributed by atoms with Crippen molar-refractivity contribution < 1.29 is 0 Å². The second kappa shape index (κ2) is 5.04. The van der Waals surface area contributed by atoms with Crippen LogP contribution in [0.1, 0.15) is 41.9 Å². The normalized spacial score (nSPS) is 28.3. The Labute approximate surface area is 108 Å². The predicted molar refractivity (Wildman–Crippen MR) is 73.3 cm³/mol. The maximum Gasteiger partial charge on any atom is 0.0900 e. The van der Waals surface area contributed by atoms with Gasteiger partial charge in [-0.1, -0.05) is 6.92 Å². The summed E-state index contributed by atoms with van der Waals surface area (Å²) >= 11 is 1.79. The Morgan fingerprint density at radius 1 is 1.41 bits per heavy atom. The Bertz CT molecular complexity index is 378. The van der Waals surface area contributed by atoms with Crippen molar-refractivity contribution in [3.05, 3.63) is 15.6 Å². The molecule has 0 aromatic carbocycles. The fourth-order valence-corrected chi connectivity index (χ4v) is 3.77. The maximum absolute atomic E-state index is 6.12. The van der Waals surface area contributed by atoms with Crippen molar-refractivity contribution in [3.63, 3.8) is 0 Å². The minimum Gasteiger partial charge on any atom is -0.327 e. The molecule has 1 saturated heterocycles. The number of piperidine rings is 1. The van der Waals surface area contributed by atoms with E-state index >= 15 is 0 Å². The molecule has 2 heterocycles. The molecule has 2 rings (SSSR count). The van der Waals surface area contributed by atoms with Gasteiger partial charge in [-0.2, -0.15) is 0 Å². The first-order valence-corrected chi connectivity index (χ1v) is 7.22. The summed E-state index contributed by atoms with van der Waals surface area (Å²) in [4.78, 5) is 8.51. The van der Waals surface area contributed by atoms with Crippen molar-refractivity contribution in [1.82, 2.24) is 9.88 Å². The van der Waals surface area contributed by atoms with Crippen LogP contribution in [0.15, 0.2) is 0 Å². The highest BCUT2D eigenvalue weighted by atomic mass is 32.1. The van der Waals surface area contributed by atoms with Gasteiger partial charge in [-0.3, -0.25) is 4.90 Å². The van der Waals surface area contributed by atoms with Gasteiger partial charge in [0.15, 0.2) is 0 Å². The van der Waals surface area contributed by atoms with Crippen LogP contribution in [0.4, 0.5) is 0 Å². The smallest absolute Gasteiger partial charge is 0.0900 e. The van der Waals surface area contributed by atoms with Gasteiger partial charge in [0.25, 0.3) is 0 Å². The summed E-state index contributed by atoms with van der Waals surface area (Å²) in [5.74, 6) is 0.696. The van der Waals surface area contributed by atoms with Crippen molar-refractivity contribution in [3.8, 4) is 0 Å². The summed E-state index contributed by atoms with van der Waals surface area (Å²) in [6.07, 6.45) is 1.15. The second-order valence-electron chi connectivity index (χ2n) is 5.41. The Morgan fingerprint density at radius 3 is 2.65 bits per heavy atom. The number of nitrogens with zero attached hydrogens (tertiary/aromatic N) is 2. The molecule has 2 N–H and O–H groups in total. The molecule has 96 valence electrons. The molecule has 3 atom stereocenters. The number of rotatable bonds is 2. The first kappa shape index (κ1) is 13.0. The first-order chi connectivity index (χ1) is 7.97. The van der Waals surface area contributed by atoms with Crippen molar-refractivity contribution in [2.24, 2.45) is 11.7 Å². The Hall–Kier alpha value is -0.450. The monoisotopic (exact) mass is 253 g/mol. The third-order valence-electron chi connectivity index (χ3n) is 3.60. The van der Waals surface area contributed by atoms with Crippen LogP contribution in [-0.2, 0) is 0 Å². The zero-order valence-corrected chi connectivity index (χ0v) is 12.0. The van der Waals surface area contributed by atoms with Gasteiger partial charge < -0.3 is 5.73 Å². The predicted octanol–water partition coefficient (Wildman–Crippen LogP) is 2.49. The molecule has 0 bridgehead atoms. The van der Waals surface area contributed by atoms with Gasteiger partial charge in [-0.25, -0.2) is 4.98 Å². The van der Waals surface area contributed by atoms with Crippen molar-refractivity contribution >= 4 is 11.3 Å². The molecule has 0 amide bonds. The third-order valence-corrected chi connectivity index (χ3v) is 4.51. The number of aromatic nitrogens is 1. The summed E-state index contributed by atoms with van der Waals surface area (Å²) < 4.78 is 0. The van der Waals surface area contributed by atoms with Gasteiger partial charge in [-0.05, 0) is 33.1 Å². The minimum absolute atomic E-state index is 0.321. The van der Waals surface area contributed by atoms with Gasteiger partial charge in [0, 0.05) is 24.0 Å². The maximum atomic E-state index is 6.12. The SMILES string of the molecule is Cc1nc(C(C)N2CC(C)CC(N)C2)c(C)s1. The average Bonchev–Trinajstić information content (AvgIpc) is 2.55. The van der Waals surface area contributed by atoms with Crippen molar-refractivity contribution in [1.29, 1.82) is 0 Å². The molecule has 4 heteroatoms. The van der Waals surface area contributed by atoms with Crippen LogP contribution < -0.4 is 5.73 Å². The number of hydrogen-bond acceptors (Lipinski definition) is 4. The fourth-order valence-electron chi connectivity index (χ4n) is 2.86. The molecule has 17 heavy (non-hydrogen) atoms. The Morgan fingerprint density at radius 2 is 2.12 bits per heavy atom. The van der Waals surface area contributed by atoms with Crippen LogP contribution in [-0.4, -0.2) is 29.0 Å². The lowest BCUT2D eigenvalue weighted by atomic mass is 9.95. The molecule has 0 saturated carbocycles. The van der Waals surface area contributed by atoms with Crippen LogP contribution in [0.5, 0.6) is 0 Å². The van der Waals surface area contributed by atoms with Crippen molar-refractivity contribution in [2.45, 2.75) is 46.2 Å². The van der Waals surface area contributed by atoms with E-state index in [-0.39, 0.29) is 0 Å². The summed E-state index contributed by atoms with van der Waals surface area (Å²) in [6, 6.07) is 0.718. The number of aryl methyl sites for hydroxylation is 2. The molecular formula is C13H23N3S. The zero-order valence-electron chi connectivity index (χ0n) is 11.2. The Kier molecular flexibility index (Phi) is 3.85. The van der Waals surface area contributed by atoms with E-state index in [1.165, 1.54) is 15.6 Å². The second-order valence-corrected chi connectivity index (χ2v) is 6.81. The van der Waals surface area contributed by atoms with E-state index in [9.17, 15) is 0 Å². The quantitative estimate of drug-likeness (QED) is 0.880. The number of nitrogens with two attached hydrogens (primary N) is 1. The molecule has 0 aliphatic carbocycles. The van der Waals surface area contributed by atoms with Crippen LogP contribution >= 0.6 is 11.3 Å². The standard InChI is InChI=1S/C13H23N3S/c1-8-5-12(14)7-16(6-8)9(2)13-10(3)17-11(4)15-13/h8-9,12H,5-7,14H2,1-4H3. The lowest BCUT2D eigenvalue weighted by molar-refractivity contribution is 0.122. The van der Waals surface area contributed by atoms with E-state index in [1.807, 2.05) is 0 Å². The zero-order chi connectivity index (χ0) is 12.6. The molecular weight excluding hydrogens is 230 g/mol. The highest BCUT2D eigenvalue weighted by Crippen LogP contribution is 2.29. The molecule has 3 unspecified atom stereocenters. The van der Waals surface area contributed by atoms with Gasteiger partial charge >= 0.3 is 0 Å². The lowest BCUT2D eigenvalue weighted by Crippen LogP contribution is -2.47. The molecule has 1 aromatic rings. The van der Waals surface area contributed by atoms with Crippen LogP contribution in [0.2, 0.25) is 0 Å². The summed E-state index contributed by atoms with van der Waals surface area (Å²) in [6.45, 7) is 10.9. The summed E-state index contributed by atoms with van der Waals surface area (Å²) in [7, 11) is 0. The third kappa shape index (κ3) is 2.87. The lowest BCUT2D eigenvalue weighted by Gasteiger charge is -2.38. The molecule has 1 aliphatic rings. The number of thiazole rings is 1. The topological polar surface area (TPSA) is 42.2 Å². The van der Waals surface area contributed by atoms with E-state index in [2.05, 4.69) is 37.6 Å². The van der Waals surface area contributed by atoms with Gasteiger partial charge in [-0.15, -0.1) is 11.3 Å². The Balaban J connectivity index is 2.14. The van der Waals surface area contributed by atoms with E-state index in [1.54, 1.807) is 11.3 Å². The van der Waals surface area contributed by atoms with E-state index < -0.39 is 0 Å². The van der Waals surface area contributed by atoms with E-state index in [0.717, 1.165) is 19.5 Å². The summed E-state index contributed by atoms with van der Waals surface area (Å²) in [5, 5.41) is 1.17. The molecule has 1 aliphatic heterocycles. The van der Waals surface area contributed by atoms with Gasteiger partial charge in [0.05, 0.1) is 16.7 Å². The molecule has 0 radical (unpaired) electrons. The molecule has 1 aromatic heterocycles. The molecule has 1 fully saturated rings. The first-order valence-electron chi connectivity index (χ1n) is 6.41. The van der Waals surface area contributed by atoms with E-state index in [0.29, 0.717) is 18.0 Å². The number of likely N-dealkylation sites (tertiary alicyclic amines) is 1. The minimum atomic E-state index is 0.321. The largest absolute Gasteiger partial charge is 0.327 e. The van der Waals surface area contributed by atoms with E-state index in [4.69, 9.17) is 5.73 Å². The highest BCUT2D eigenvalue weighted by molar-refractivity contribution is 7.11. The van der Waals surface area contributed by atoms with Crippen molar-refractivity contribution in [2.75, 3.05) is 13.1 Å².